The average Bonchev–Trinajstić information content (AvgIpc) is 3.10. The molecule has 0 aliphatic heterocycles. The quantitative estimate of drug-likeness (QED) is 0.926. The monoisotopic (exact) mass is 274 g/mol. The molecule has 2 aromatic heterocycles. The van der Waals surface area contributed by atoms with E-state index in [1.807, 2.05) is 13.1 Å². The van der Waals surface area contributed by atoms with Crippen LogP contribution in [0.3, 0.4) is 0 Å². The topological polar surface area (TPSA) is 74.5 Å². The van der Waals surface area contributed by atoms with Crippen molar-refractivity contribution in [3.05, 3.63) is 29.8 Å². The Hall–Kier alpha value is -1.69. The van der Waals surface area contributed by atoms with E-state index in [9.17, 15) is 0 Å². The highest BCUT2D eigenvalue weighted by atomic mass is 15.4. The van der Waals surface area contributed by atoms with Crippen molar-refractivity contribution in [1.29, 1.82) is 0 Å². The highest BCUT2D eigenvalue weighted by Gasteiger charge is 2.16. The molecule has 3 rings (SSSR count). The number of hydrogen-bond acceptors (Lipinski definition) is 4. The molecule has 6 heteroatoms. The van der Waals surface area contributed by atoms with Crippen molar-refractivity contribution in [3.63, 3.8) is 0 Å². The minimum absolute atomic E-state index is 0.0800. The van der Waals surface area contributed by atoms with Gasteiger partial charge in [-0.1, -0.05) is 24.5 Å². The van der Waals surface area contributed by atoms with Crippen molar-refractivity contribution in [2.45, 2.75) is 57.7 Å². The third-order valence-electron chi connectivity index (χ3n) is 3.96. The first kappa shape index (κ1) is 13.3. The summed E-state index contributed by atoms with van der Waals surface area (Å²) >= 11 is 0. The van der Waals surface area contributed by atoms with E-state index in [2.05, 4.69) is 32.4 Å². The largest absolute Gasteiger partial charge is 0.323 e. The molecule has 2 aromatic rings. The molecule has 1 atom stereocenters. The molecule has 2 heterocycles. The normalized spacial score (nSPS) is 18.3. The number of hydrogen-bond donors (Lipinski definition) is 1. The summed E-state index contributed by atoms with van der Waals surface area (Å²) in [7, 11) is 0. The minimum Gasteiger partial charge on any atom is -0.323 e. The van der Waals surface area contributed by atoms with Gasteiger partial charge in [0, 0.05) is 12.2 Å². The van der Waals surface area contributed by atoms with E-state index in [4.69, 9.17) is 5.73 Å². The molecule has 108 valence electrons. The molecule has 0 amide bonds. The van der Waals surface area contributed by atoms with Crippen molar-refractivity contribution >= 4 is 0 Å². The van der Waals surface area contributed by atoms with E-state index in [-0.39, 0.29) is 6.04 Å². The zero-order valence-electron chi connectivity index (χ0n) is 11.9. The van der Waals surface area contributed by atoms with Crippen molar-refractivity contribution in [2.24, 2.45) is 5.73 Å². The van der Waals surface area contributed by atoms with Gasteiger partial charge in [-0.3, -0.25) is 4.68 Å². The Bertz CT molecular complexity index is 550. The number of aromatic nitrogens is 5. The Balaban J connectivity index is 1.66. The predicted octanol–water partition coefficient (Wildman–Crippen LogP) is 2.05. The van der Waals surface area contributed by atoms with Gasteiger partial charge < -0.3 is 5.73 Å². The first-order valence-electron chi connectivity index (χ1n) is 7.42. The Morgan fingerprint density at radius 1 is 1.35 bits per heavy atom. The van der Waals surface area contributed by atoms with Crippen LogP contribution < -0.4 is 5.73 Å². The molecule has 1 fully saturated rings. The second-order valence-corrected chi connectivity index (χ2v) is 5.71. The highest BCUT2D eigenvalue weighted by Crippen LogP contribution is 2.27. The first-order chi connectivity index (χ1) is 9.72. The Morgan fingerprint density at radius 3 is 2.85 bits per heavy atom. The molecular weight excluding hydrogens is 252 g/mol. The van der Waals surface area contributed by atoms with Crippen molar-refractivity contribution in [2.75, 3.05) is 0 Å². The summed E-state index contributed by atoms with van der Waals surface area (Å²) in [4.78, 5) is 0. The molecule has 6 nitrogen and oxygen atoms in total. The van der Waals surface area contributed by atoms with Crippen LogP contribution in [0.5, 0.6) is 0 Å². The molecule has 1 aliphatic rings. The molecular formula is C14H22N6. The van der Waals surface area contributed by atoms with Crippen molar-refractivity contribution < 1.29 is 0 Å². The molecule has 1 unspecified atom stereocenters. The van der Waals surface area contributed by atoms with Crippen molar-refractivity contribution in [3.8, 4) is 0 Å². The molecule has 0 aromatic carbocycles. The van der Waals surface area contributed by atoms with E-state index in [1.165, 1.54) is 32.1 Å². The molecule has 20 heavy (non-hydrogen) atoms. The summed E-state index contributed by atoms with van der Waals surface area (Å²) in [6, 6.07) is 2.57. The van der Waals surface area contributed by atoms with Gasteiger partial charge in [0.1, 0.15) is 0 Å². The molecule has 1 aliphatic carbocycles. The molecule has 0 spiro atoms. The molecule has 0 bridgehead atoms. The number of rotatable bonds is 4. The zero-order chi connectivity index (χ0) is 13.9. The van der Waals surface area contributed by atoms with Gasteiger partial charge in [0.05, 0.1) is 30.2 Å². The fourth-order valence-corrected chi connectivity index (χ4v) is 2.78. The van der Waals surface area contributed by atoms with E-state index in [0.29, 0.717) is 12.6 Å². The highest BCUT2D eigenvalue weighted by molar-refractivity contribution is 5.03. The van der Waals surface area contributed by atoms with Gasteiger partial charge in [-0.25, -0.2) is 4.68 Å². The van der Waals surface area contributed by atoms with Crippen LogP contribution in [-0.2, 0) is 6.54 Å². The van der Waals surface area contributed by atoms with Crippen LogP contribution in [0.2, 0.25) is 0 Å². The van der Waals surface area contributed by atoms with E-state index in [0.717, 1.165) is 11.4 Å². The Labute approximate surface area is 119 Å². The van der Waals surface area contributed by atoms with E-state index >= 15 is 0 Å². The third kappa shape index (κ3) is 2.90. The van der Waals surface area contributed by atoms with Crippen LogP contribution in [0.25, 0.3) is 0 Å². The lowest BCUT2D eigenvalue weighted by Gasteiger charge is -2.21. The van der Waals surface area contributed by atoms with Gasteiger partial charge in [-0.05, 0) is 25.8 Å². The van der Waals surface area contributed by atoms with E-state index < -0.39 is 0 Å². The van der Waals surface area contributed by atoms with Gasteiger partial charge in [-0.2, -0.15) is 5.10 Å². The standard InChI is InChI=1S/C14H22N6/c1-11(15)14-10-19(18-16-14)9-12-7-8-20(17-12)13-5-3-2-4-6-13/h7-8,10-11,13H,2-6,9,15H2,1H3. The van der Waals surface area contributed by atoms with Crippen LogP contribution in [0.15, 0.2) is 18.5 Å². The van der Waals surface area contributed by atoms with Crippen molar-refractivity contribution in [1.82, 2.24) is 24.8 Å². The lowest BCUT2D eigenvalue weighted by molar-refractivity contribution is 0.327. The maximum atomic E-state index is 5.79. The summed E-state index contributed by atoms with van der Waals surface area (Å²) in [5, 5.41) is 12.8. The molecule has 2 N–H and O–H groups in total. The number of nitrogens with two attached hydrogens (primary N) is 1. The third-order valence-corrected chi connectivity index (χ3v) is 3.96. The Kier molecular flexibility index (Phi) is 3.82. The van der Waals surface area contributed by atoms with Crippen LogP contribution in [0.1, 0.15) is 62.5 Å². The van der Waals surface area contributed by atoms with Gasteiger partial charge in [0.2, 0.25) is 0 Å². The minimum atomic E-state index is -0.0800. The van der Waals surface area contributed by atoms with Gasteiger partial charge in [-0.15, -0.1) is 5.10 Å². The zero-order valence-corrected chi connectivity index (χ0v) is 11.9. The van der Waals surface area contributed by atoms with Crippen LogP contribution in [-0.4, -0.2) is 24.8 Å². The summed E-state index contributed by atoms with van der Waals surface area (Å²) in [5.74, 6) is 0. The molecule has 0 radical (unpaired) electrons. The Morgan fingerprint density at radius 2 is 2.15 bits per heavy atom. The maximum absolute atomic E-state index is 5.79. The summed E-state index contributed by atoms with van der Waals surface area (Å²) in [6.45, 7) is 2.56. The summed E-state index contributed by atoms with van der Waals surface area (Å²) in [5.41, 5.74) is 7.63. The second-order valence-electron chi connectivity index (χ2n) is 5.71. The maximum Gasteiger partial charge on any atom is 0.0991 e. The second kappa shape index (κ2) is 5.75. The lowest BCUT2D eigenvalue weighted by atomic mass is 9.96. The lowest BCUT2D eigenvalue weighted by Crippen LogP contribution is -2.13. The fourth-order valence-electron chi connectivity index (χ4n) is 2.78. The summed E-state index contributed by atoms with van der Waals surface area (Å²) in [6.07, 6.45) is 10.5. The fraction of sp³-hybridized carbons (Fsp3) is 0.643. The summed E-state index contributed by atoms with van der Waals surface area (Å²) < 4.78 is 3.92. The van der Waals surface area contributed by atoms with E-state index in [1.54, 1.807) is 4.68 Å². The predicted molar refractivity (Wildman–Crippen MR) is 76.1 cm³/mol. The number of nitrogens with zero attached hydrogens (tertiary/aromatic N) is 5. The van der Waals surface area contributed by atoms with Crippen LogP contribution >= 0.6 is 0 Å². The van der Waals surface area contributed by atoms with Gasteiger partial charge in [0.25, 0.3) is 0 Å². The van der Waals surface area contributed by atoms with Crippen LogP contribution in [0.4, 0.5) is 0 Å². The first-order valence-corrected chi connectivity index (χ1v) is 7.42. The smallest absolute Gasteiger partial charge is 0.0991 e. The van der Waals surface area contributed by atoms with Gasteiger partial charge >= 0.3 is 0 Å². The molecule has 0 saturated heterocycles. The average molecular weight is 274 g/mol. The molecule has 1 saturated carbocycles. The SMILES string of the molecule is CC(N)c1cn(Cc2ccn(C3CCCCC3)n2)nn1. The van der Waals surface area contributed by atoms with Gasteiger partial charge in [0.15, 0.2) is 0 Å². The van der Waals surface area contributed by atoms with Crippen LogP contribution in [0, 0.1) is 0 Å².